The summed E-state index contributed by atoms with van der Waals surface area (Å²) in [5, 5.41) is 10.6. The molecule has 0 spiro atoms. The van der Waals surface area contributed by atoms with Gasteiger partial charge in [0.15, 0.2) is 0 Å². The van der Waals surface area contributed by atoms with E-state index in [-0.39, 0.29) is 0 Å². The third-order valence-electron chi connectivity index (χ3n) is 10.1. The van der Waals surface area contributed by atoms with E-state index in [1.54, 1.807) is 0 Å². The standard InChI is InChI=1S/C46H27NS3/c1-4-10-41-35(7-1)38-23-19-32(26-44(38)48-41)47(33-20-24-39-36-8-2-5-11-42(36)49-45(39)27-33)31-17-13-28(14-18-31)29-15-21-34-30(25-29)16-22-40-37-9-3-6-12-43(37)50-46(34)40/h1-27H. The zero-order valence-electron chi connectivity index (χ0n) is 26.8. The molecule has 0 aliphatic rings. The molecule has 0 saturated carbocycles. The zero-order chi connectivity index (χ0) is 32.8. The van der Waals surface area contributed by atoms with Gasteiger partial charge in [0, 0.05) is 77.6 Å². The van der Waals surface area contributed by atoms with Crippen LogP contribution < -0.4 is 4.90 Å². The molecule has 0 aliphatic heterocycles. The third kappa shape index (κ3) is 4.36. The summed E-state index contributed by atoms with van der Waals surface area (Å²) >= 11 is 5.63. The van der Waals surface area contributed by atoms with Gasteiger partial charge >= 0.3 is 0 Å². The molecular weight excluding hydrogens is 663 g/mol. The molecule has 0 atom stereocenters. The molecule has 4 heteroatoms. The van der Waals surface area contributed by atoms with Gasteiger partial charge in [-0.05, 0) is 82.6 Å². The number of benzene rings is 8. The fourth-order valence-electron chi connectivity index (χ4n) is 7.65. The van der Waals surface area contributed by atoms with E-state index in [9.17, 15) is 0 Å². The van der Waals surface area contributed by atoms with Gasteiger partial charge < -0.3 is 4.90 Å². The highest BCUT2D eigenvalue weighted by Gasteiger charge is 2.17. The average Bonchev–Trinajstić information content (AvgIpc) is 3.86. The molecule has 0 radical (unpaired) electrons. The van der Waals surface area contributed by atoms with Crippen LogP contribution in [0.2, 0.25) is 0 Å². The molecule has 0 unspecified atom stereocenters. The lowest BCUT2D eigenvalue weighted by Gasteiger charge is -2.26. The van der Waals surface area contributed by atoms with Crippen LogP contribution in [0.1, 0.15) is 0 Å². The topological polar surface area (TPSA) is 3.24 Å². The van der Waals surface area contributed by atoms with E-state index in [1.165, 1.54) is 82.4 Å². The summed E-state index contributed by atoms with van der Waals surface area (Å²) in [5.74, 6) is 0. The second-order valence-electron chi connectivity index (χ2n) is 12.9. The van der Waals surface area contributed by atoms with E-state index in [0.717, 1.165) is 17.1 Å². The number of nitrogens with zero attached hydrogens (tertiary/aromatic N) is 1. The van der Waals surface area contributed by atoms with Crippen LogP contribution in [0.25, 0.3) is 82.4 Å². The molecular formula is C46H27NS3. The maximum absolute atomic E-state index is 2.41. The van der Waals surface area contributed by atoms with Gasteiger partial charge in [0.1, 0.15) is 0 Å². The van der Waals surface area contributed by atoms with Crippen LogP contribution in [-0.4, -0.2) is 0 Å². The molecule has 234 valence electrons. The smallest absolute Gasteiger partial charge is 0.0476 e. The first-order valence-corrected chi connectivity index (χ1v) is 19.3. The molecule has 0 amide bonds. The highest BCUT2D eigenvalue weighted by molar-refractivity contribution is 7.27. The van der Waals surface area contributed by atoms with Crippen LogP contribution >= 0.6 is 34.0 Å². The van der Waals surface area contributed by atoms with Crippen molar-refractivity contribution in [2.24, 2.45) is 0 Å². The molecule has 0 bridgehead atoms. The number of anilines is 3. The van der Waals surface area contributed by atoms with E-state index in [0.29, 0.717) is 0 Å². The predicted octanol–water partition coefficient (Wildman–Crippen LogP) is 15.1. The van der Waals surface area contributed by atoms with Crippen molar-refractivity contribution in [3.63, 3.8) is 0 Å². The quantitative estimate of drug-likeness (QED) is 0.178. The van der Waals surface area contributed by atoms with Crippen LogP contribution in [0.4, 0.5) is 17.1 Å². The number of fused-ring (bicyclic) bond motifs is 11. The van der Waals surface area contributed by atoms with Crippen molar-refractivity contribution >= 4 is 122 Å². The molecule has 0 N–H and O–H groups in total. The minimum absolute atomic E-state index is 1.14. The average molecular weight is 690 g/mol. The van der Waals surface area contributed by atoms with Crippen LogP contribution in [0.15, 0.2) is 164 Å². The molecule has 11 rings (SSSR count). The van der Waals surface area contributed by atoms with Gasteiger partial charge in [-0.3, -0.25) is 0 Å². The first kappa shape index (κ1) is 28.3. The van der Waals surface area contributed by atoms with Gasteiger partial charge in [-0.15, -0.1) is 34.0 Å². The van der Waals surface area contributed by atoms with Gasteiger partial charge in [0.2, 0.25) is 0 Å². The maximum Gasteiger partial charge on any atom is 0.0476 e. The third-order valence-corrected chi connectivity index (χ3v) is 13.5. The fraction of sp³-hybridized carbons (Fsp3) is 0. The molecule has 8 aromatic carbocycles. The summed E-state index contributed by atoms with van der Waals surface area (Å²) in [5.41, 5.74) is 5.91. The molecule has 0 aliphatic carbocycles. The largest absolute Gasteiger partial charge is 0.310 e. The highest BCUT2D eigenvalue weighted by Crippen LogP contribution is 2.44. The number of hydrogen-bond acceptors (Lipinski definition) is 4. The van der Waals surface area contributed by atoms with E-state index in [1.807, 2.05) is 34.0 Å². The van der Waals surface area contributed by atoms with Crippen molar-refractivity contribution in [1.29, 1.82) is 0 Å². The normalized spacial score (nSPS) is 12.0. The van der Waals surface area contributed by atoms with Crippen LogP contribution in [0.5, 0.6) is 0 Å². The number of thiophene rings is 3. The number of rotatable bonds is 4. The Labute approximate surface area is 300 Å². The zero-order valence-corrected chi connectivity index (χ0v) is 29.2. The minimum Gasteiger partial charge on any atom is -0.310 e. The van der Waals surface area contributed by atoms with E-state index in [4.69, 9.17) is 0 Å². The Morgan fingerprint density at radius 1 is 0.300 bits per heavy atom. The summed E-state index contributed by atoms with van der Waals surface area (Å²) in [6.07, 6.45) is 0. The monoisotopic (exact) mass is 689 g/mol. The molecule has 1 nitrogen and oxygen atoms in total. The van der Waals surface area contributed by atoms with E-state index < -0.39 is 0 Å². The Morgan fingerprint density at radius 3 is 1.38 bits per heavy atom. The maximum atomic E-state index is 2.41. The van der Waals surface area contributed by atoms with Crippen molar-refractivity contribution in [1.82, 2.24) is 0 Å². The van der Waals surface area contributed by atoms with Gasteiger partial charge in [0.05, 0.1) is 0 Å². The van der Waals surface area contributed by atoms with Gasteiger partial charge in [-0.1, -0.05) is 103 Å². The fourth-order valence-corrected chi connectivity index (χ4v) is 11.2. The SMILES string of the molecule is c1ccc2c(c1)sc1cc(N(c3ccc(-c4ccc5c(ccc6c7ccccc7sc56)c4)cc3)c3ccc4c(c3)sc3ccccc34)ccc12. The predicted molar refractivity (Wildman–Crippen MR) is 223 cm³/mol. The molecule has 0 saturated heterocycles. The molecule has 11 aromatic rings. The first-order chi connectivity index (χ1) is 24.7. The Morgan fingerprint density at radius 2 is 0.760 bits per heavy atom. The molecule has 3 aromatic heterocycles. The minimum atomic E-state index is 1.14. The molecule has 50 heavy (non-hydrogen) atoms. The second-order valence-corrected chi connectivity index (χ2v) is 16.1. The van der Waals surface area contributed by atoms with Crippen LogP contribution in [0, 0.1) is 0 Å². The van der Waals surface area contributed by atoms with Gasteiger partial charge in [0.25, 0.3) is 0 Å². The Bertz CT molecular complexity index is 2990. The molecule has 3 heterocycles. The Hall–Kier alpha value is -5.52. The molecule has 0 fully saturated rings. The van der Waals surface area contributed by atoms with Crippen molar-refractivity contribution in [3.8, 4) is 11.1 Å². The van der Waals surface area contributed by atoms with Crippen molar-refractivity contribution in [2.75, 3.05) is 4.90 Å². The van der Waals surface area contributed by atoms with Crippen molar-refractivity contribution < 1.29 is 0 Å². The Kier molecular flexibility index (Phi) is 6.23. The summed E-state index contributed by atoms with van der Waals surface area (Å²) in [7, 11) is 0. The van der Waals surface area contributed by atoms with Gasteiger partial charge in [-0.2, -0.15) is 0 Å². The van der Waals surface area contributed by atoms with E-state index >= 15 is 0 Å². The summed E-state index contributed by atoms with van der Waals surface area (Å²) in [6, 6.07) is 60.7. The van der Waals surface area contributed by atoms with Gasteiger partial charge in [-0.25, -0.2) is 0 Å². The van der Waals surface area contributed by atoms with Crippen molar-refractivity contribution in [3.05, 3.63) is 164 Å². The van der Waals surface area contributed by atoms with E-state index in [2.05, 4.69) is 169 Å². The first-order valence-electron chi connectivity index (χ1n) is 16.8. The summed E-state index contributed by atoms with van der Waals surface area (Å²) in [6.45, 7) is 0. The second kappa shape index (κ2) is 11.0. The summed E-state index contributed by atoms with van der Waals surface area (Å²) < 4.78 is 7.97. The lowest BCUT2D eigenvalue weighted by molar-refractivity contribution is 1.30. The number of hydrogen-bond donors (Lipinski definition) is 0. The summed E-state index contributed by atoms with van der Waals surface area (Å²) in [4.78, 5) is 2.41. The van der Waals surface area contributed by atoms with Crippen LogP contribution in [0.3, 0.4) is 0 Å². The lowest BCUT2D eigenvalue weighted by atomic mass is 9.99. The lowest BCUT2D eigenvalue weighted by Crippen LogP contribution is -2.09. The Balaban J connectivity index is 1.03. The van der Waals surface area contributed by atoms with Crippen LogP contribution in [-0.2, 0) is 0 Å². The highest BCUT2D eigenvalue weighted by atomic mass is 32.1. The van der Waals surface area contributed by atoms with Crippen molar-refractivity contribution in [2.45, 2.75) is 0 Å².